The first-order chi connectivity index (χ1) is 10.6. The molecule has 2 atom stereocenters. The van der Waals surface area contributed by atoms with Gasteiger partial charge in [-0.05, 0) is 30.2 Å². The number of hydrogen-bond acceptors (Lipinski definition) is 2. The van der Waals surface area contributed by atoms with Gasteiger partial charge >= 0.3 is 0 Å². The van der Waals surface area contributed by atoms with E-state index < -0.39 is 16.0 Å². The van der Waals surface area contributed by atoms with Crippen molar-refractivity contribution in [3.63, 3.8) is 0 Å². The zero-order chi connectivity index (χ0) is 15.9. The molecule has 1 amide bonds. The maximum atomic E-state index is 12.8. The molecule has 0 saturated carbocycles. The lowest BCUT2D eigenvalue weighted by Gasteiger charge is -2.12. The minimum atomic E-state index is -1.34. The summed E-state index contributed by atoms with van der Waals surface area (Å²) in [5, 5.41) is 2.17. The molecule has 3 nitrogen and oxygen atoms in total. The summed E-state index contributed by atoms with van der Waals surface area (Å²) < 4.78 is 25.0. The van der Waals surface area contributed by atoms with E-state index in [0.717, 1.165) is 11.1 Å². The quantitative estimate of drug-likeness (QED) is 0.890. The van der Waals surface area contributed by atoms with E-state index in [1.807, 2.05) is 30.3 Å². The molecule has 0 aromatic heterocycles. The van der Waals surface area contributed by atoms with Crippen LogP contribution >= 0.6 is 0 Å². The van der Waals surface area contributed by atoms with E-state index in [0.29, 0.717) is 6.54 Å². The molecule has 0 fully saturated rings. The van der Waals surface area contributed by atoms with Crippen molar-refractivity contribution in [1.29, 1.82) is 0 Å². The number of amides is 1. The number of carbonyl (C=O) groups is 1. The molecule has 0 radical (unpaired) electrons. The molecule has 22 heavy (non-hydrogen) atoms. The van der Waals surface area contributed by atoms with Gasteiger partial charge in [-0.2, -0.15) is 0 Å². The van der Waals surface area contributed by atoms with Crippen LogP contribution in [0.15, 0.2) is 54.6 Å². The molecule has 2 aromatic carbocycles. The maximum Gasteiger partial charge on any atom is 0.235 e. The van der Waals surface area contributed by atoms with Gasteiger partial charge in [0.15, 0.2) is 0 Å². The van der Waals surface area contributed by atoms with Gasteiger partial charge in [0.1, 0.15) is 11.1 Å². The van der Waals surface area contributed by atoms with Crippen molar-refractivity contribution in [2.45, 2.75) is 24.5 Å². The third kappa shape index (κ3) is 4.77. The first-order valence-electron chi connectivity index (χ1n) is 6.99. The third-order valence-corrected chi connectivity index (χ3v) is 4.92. The minimum Gasteiger partial charge on any atom is -0.351 e. The molecule has 116 valence electrons. The number of halogens is 1. The van der Waals surface area contributed by atoms with Gasteiger partial charge in [-0.3, -0.25) is 9.00 Å². The normalized spacial score (nSPS) is 13.4. The van der Waals surface area contributed by atoms with Gasteiger partial charge in [-0.1, -0.05) is 42.5 Å². The smallest absolute Gasteiger partial charge is 0.235 e. The fourth-order valence-corrected chi connectivity index (χ4v) is 3.01. The van der Waals surface area contributed by atoms with E-state index >= 15 is 0 Å². The Morgan fingerprint density at radius 2 is 1.73 bits per heavy atom. The van der Waals surface area contributed by atoms with Crippen LogP contribution < -0.4 is 5.32 Å². The lowest BCUT2D eigenvalue weighted by atomic mass is 10.2. The van der Waals surface area contributed by atoms with Gasteiger partial charge in [0, 0.05) is 23.1 Å². The van der Waals surface area contributed by atoms with Crippen molar-refractivity contribution in [2.24, 2.45) is 0 Å². The van der Waals surface area contributed by atoms with Gasteiger partial charge in [0.05, 0.1) is 0 Å². The van der Waals surface area contributed by atoms with E-state index in [1.165, 1.54) is 12.1 Å². The largest absolute Gasteiger partial charge is 0.351 e. The minimum absolute atomic E-state index is 0.236. The summed E-state index contributed by atoms with van der Waals surface area (Å²) in [6.45, 7) is 2.05. The molecule has 5 heteroatoms. The molecular formula is C17H18FNO2S. The topological polar surface area (TPSA) is 46.2 Å². The average Bonchev–Trinajstić information content (AvgIpc) is 2.55. The molecule has 0 heterocycles. The summed E-state index contributed by atoms with van der Waals surface area (Å²) in [4.78, 5) is 12.0. The molecule has 0 bridgehead atoms. The Kier molecular flexibility index (Phi) is 5.83. The summed E-state index contributed by atoms with van der Waals surface area (Å²) >= 11 is 0. The number of nitrogens with one attached hydrogen (secondary N) is 1. The van der Waals surface area contributed by atoms with Crippen LogP contribution in [-0.4, -0.2) is 15.4 Å². The second kappa shape index (κ2) is 7.84. The van der Waals surface area contributed by atoms with E-state index in [4.69, 9.17) is 0 Å². The van der Waals surface area contributed by atoms with Crippen molar-refractivity contribution in [3.8, 4) is 0 Å². The highest BCUT2D eigenvalue weighted by molar-refractivity contribution is 7.85. The molecule has 2 rings (SSSR count). The standard InChI is InChI=1S/C17H18FNO2S/c1-13(17(20)19-11-14-5-3-2-4-6-14)22(21)12-15-7-9-16(18)10-8-15/h2-10,13H,11-12H2,1H3,(H,19,20)/t13-,22-/m0/s1. The van der Waals surface area contributed by atoms with Crippen molar-refractivity contribution in [1.82, 2.24) is 5.32 Å². The van der Waals surface area contributed by atoms with Crippen molar-refractivity contribution in [2.75, 3.05) is 0 Å². The molecule has 0 saturated heterocycles. The van der Waals surface area contributed by atoms with E-state index in [1.54, 1.807) is 19.1 Å². The number of hydrogen-bond donors (Lipinski definition) is 1. The van der Waals surface area contributed by atoms with Crippen LogP contribution in [0.1, 0.15) is 18.1 Å². The fourth-order valence-electron chi connectivity index (χ4n) is 1.92. The Morgan fingerprint density at radius 3 is 2.36 bits per heavy atom. The predicted octanol–water partition coefficient (Wildman–Crippen LogP) is 2.78. The monoisotopic (exact) mass is 319 g/mol. The van der Waals surface area contributed by atoms with E-state index in [-0.39, 0.29) is 17.5 Å². The van der Waals surface area contributed by atoms with Crippen LogP contribution in [0.4, 0.5) is 4.39 Å². The summed E-state index contributed by atoms with van der Waals surface area (Å²) in [5.41, 5.74) is 1.75. The fraction of sp³-hybridized carbons (Fsp3) is 0.235. The summed E-state index contributed by atoms with van der Waals surface area (Å²) in [7, 11) is -1.34. The van der Waals surface area contributed by atoms with Gasteiger partial charge in [-0.15, -0.1) is 0 Å². The molecule has 0 spiro atoms. The van der Waals surface area contributed by atoms with Gasteiger partial charge in [0.2, 0.25) is 5.91 Å². The molecule has 0 aliphatic rings. The van der Waals surface area contributed by atoms with Crippen molar-refractivity contribution >= 4 is 16.7 Å². The molecule has 0 unspecified atom stereocenters. The summed E-state index contributed by atoms with van der Waals surface area (Å²) in [6.07, 6.45) is 0. The Labute approximate surface area is 132 Å². The predicted molar refractivity (Wildman–Crippen MR) is 86.0 cm³/mol. The Bertz CT molecular complexity index is 643. The van der Waals surface area contributed by atoms with Crippen LogP contribution in [0.25, 0.3) is 0 Å². The molecule has 1 N–H and O–H groups in total. The second-order valence-corrected chi connectivity index (χ2v) is 6.75. The third-order valence-electron chi connectivity index (χ3n) is 3.30. The summed E-state index contributed by atoms with van der Waals surface area (Å²) in [6, 6.07) is 15.4. The first-order valence-corrected chi connectivity index (χ1v) is 8.37. The van der Waals surface area contributed by atoms with E-state index in [2.05, 4.69) is 5.32 Å². The zero-order valence-corrected chi connectivity index (χ0v) is 13.1. The number of carbonyl (C=O) groups excluding carboxylic acids is 1. The molecule has 0 aliphatic carbocycles. The number of benzene rings is 2. The van der Waals surface area contributed by atoms with Gasteiger partial charge in [0.25, 0.3) is 0 Å². The first kappa shape index (κ1) is 16.4. The van der Waals surface area contributed by atoms with Crippen molar-refractivity contribution < 1.29 is 13.4 Å². The summed E-state index contributed by atoms with van der Waals surface area (Å²) in [5.74, 6) is -0.340. The molecular weight excluding hydrogens is 301 g/mol. The number of rotatable bonds is 6. The zero-order valence-electron chi connectivity index (χ0n) is 12.3. The Hall–Kier alpha value is -2.01. The van der Waals surface area contributed by atoms with Gasteiger partial charge < -0.3 is 5.32 Å². The van der Waals surface area contributed by atoms with Crippen LogP contribution in [0.2, 0.25) is 0 Å². The van der Waals surface area contributed by atoms with Crippen LogP contribution in [0, 0.1) is 5.82 Å². The highest BCUT2D eigenvalue weighted by Crippen LogP contribution is 2.09. The van der Waals surface area contributed by atoms with Crippen LogP contribution in [0.3, 0.4) is 0 Å². The highest BCUT2D eigenvalue weighted by atomic mass is 32.2. The molecule has 2 aromatic rings. The lowest BCUT2D eigenvalue weighted by molar-refractivity contribution is -0.120. The van der Waals surface area contributed by atoms with Crippen LogP contribution in [0.5, 0.6) is 0 Å². The second-order valence-electron chi connectivity index (χ2n) is 5.00. The SMILES string of the molecule is C[C@@H](C(=O)NCc1ccccc1)[S@@](=O)Cc1ccc(F)cc1. The Morgan fingerprint density at radius 1 is 1.09 bits per heavy atom. The highest BCUT2D eigenvalue weighted by Gasteiger charge is 2.19. The Balaban J connectivity index is 1.86. The average molecular weight is 319 g/mol. The van der Waals surface area contributed by atoms with E-state index in [9.17, 15) is 13.4 Å². The maximum absolute atomic E-state index is 12.8. The van der Waals surface area contributed by atoms with Gasteiger partial charge in [-0.25, -0.2) is 4.39 Å². The lowest BCUT2D eigenvalue weighted by Crippen LogP contribution is -2.35. The van der Waals surface area contributed by atoms with Crippen LogP contribution in [-0.2, 0) is 27.9 Å². The van der Waals surface area contributed by atoms with Crippen molar-refractivity contribution in [3.05, 3.63) is 71.5 Å². The molecule has 0 aliphatic heterocycles.